The van der Waals surface area contributed by atoms with E-state index < -0.39 is 21.9 Å². The van der Waals surface area contributed by atoms with Gasteiger partial charge in [0.15, 0.2) is 0 Å². The van der Waals surface area contributed by atoms with Crippen LogP contribution in [0.15, 0.2) is 140 Å². The smallest absolute Gasteiger partial charge is 0.388 e. The third kappa shape index (κ3) is 9.72. The number of aromatic nitrogens is 1. The van der Waals surface area contributed by atoms with Gasteiger partial charge in [0.2, 0.25) is 0 Å². The number of pyridine rings is 1. The van der Waals surface area contributed by atoms with Gasteiger partial charge in [-0.05, 0) is 59.6 Å². The van der Waals surface area contributed by atoms with Crippen LogP contribution in [0.4, 0.5) is 0 Å². The number of aliphatic hydroxyl groups excluding tert-OH is 1. The largest absolute Gasteiger partial charge is 2.00 e. The minimum Gasteiger partial charge on any atom is -0.388 e. The maximum atomic E-state index is 12.2. The molecule has 0 radical (unpaired) electrons. The van der Waals surface area contributed by atoms with Crippen LogP contribution in [0.1, 0.15) is 63.0 Å². The molecule has 3 atom stereocenters. The quantitative estimate of drug-likeness (QED) is 0.0996. The molecule has 7 rings (SSSR count). The molecule has 1 N–H and O–H groups in total. The molecule has 246 valence electrons. The second-order valence-electron chi connectivity index (χ2n) is 11.8. The Kier molecular flexibility index (Phi) is 16.5. The second-order valence-corrected chi connectivity index (χ2v) is 16.4. The first-order chi connectivity index (χ1) is 21.8. The number of rotatable bonds is 8. The molecule has 2 nitrogen and oxygen atoms in total. The van der Waals surface area contributed by atoms with Gasteiger partial charge in [0, 0.05) is 19.7 Å². The molecule has 2 aliphatic carbocycles. The second kappa shape index (κ2) is 20.0. The summed E-state index contributed by atoms with van der Waals surface area (Å²) in [6, 6.07) is 47.4. The molecule has 1 aromatic heterocycles. The number of nitrogens with zero attached hydrogens (tertiary/aromatic N) is 1. The molecule has 1 heterocycles. The van der Waals surface area contributed by atoms with Gasteiger partial charge in [-0.25, -0.2) is 0 Å². The fourth-order valence-electron chi connectivity index (χ4n) is 6.86. The van der Waals surface area contributed by atoms with Gasteiger partial charge in [-0.1, -0.05) is 166 Å². The average Bonchev–Trinajstić information content (AvgIpc) is 3.84. The van der Waals surface area contributed by atoms with Crippen LogP contribution in [-0.2, 0) is 17.1 Å². The summed E-state index contributed by atoms with van der Waals surface area (Å²) >= 11 is 0. The van der Waals surface area contributed by atoms with Crippen LogP contribution < -0.4 is 26.7 Å². The SMILES string of the molecule is C1CCCC1.O[C@H](c1cccnc1P(c1ccccc1)c1ccccc1)C1CCCC1P(c1ccccc1)c1ccccc1.[CH3-].[CH3-].[Fe+2]. The van der Waals surface area contributed by atoms with E-state index in [4.69, 9.17) is 4.98 Å². The van der Waals surface area contributed by atoms with Crippen molar-refractivity contribution < 1.29 is 22.2 Å². The van der Waals surface area contributed by atoms with Gasteiger partial charge in [0.25, 0.3) is 0 Å². The number of hydrogen-bond donors (Lipinski definition) is 1. The molecule has 4 aromatic carbocycles. The first-order valence-corrected chi connectivity index (χ1v) is 19.0. The normalized spacial score (nSPS) is 17.4. The van der Waals surface area contributed by atoms with E-state index in [1.54, 1.807) is 0 Å². The van der Waals surface area contributed by atoms with Crippen LogP contribution in [0.2, 0.25) is 0 Å². The van der Waals surface area contributed by atoms with E-state index in [1.807, 2.05) is 12.3 Å². The van der Waals surface area contributed by atoms with Crippen LogP contribution in [0.5, 0.6) is 0 Å². The van der Waals surface area contributed by atoms with Crippen molar-refractivity contribution in [2.75, 3.05) is 0 Å². The summed E-state index contributed by atoms with van der Waals surface area (Å²) in [5.41, 5.74) is 2.42. The third-order valence-electron chi connectivity index (χ3n) is 8.96. The zero-order valence-corrected chi connectivity index (χ0v) is 30.7. The van der Waals surface area contributed by atoms with Crippen LogP contribution >= 0.6 is 15.8 Å². The van der Waals surface area contributed by atoms with E-state index in [9.17, 15) is 5.11 Å². The van der Waals surface area contributed by atoms with Crippen LogP contribution in [0, 0.1) is 20.8 Å². The minimum atomic E-state index is -0.897. The fourth-order valence-corrected chi connectivity index (χ4v) is 12.4. The molecule has 0 saturated heterocycles. The van der Waals surface area contributed by atoms with E-state index in [-0.39, 0.29) is 37.8 Å². The minimum absolute atomic E-state index is 0. The summed E-state index contributed by atoms with van der Waals surface area (Å²) < 4.78 is 0. The number of aliphatic hydroxyl groups is 1. The van der Waals surface area contributed by atoms with Crippen LogP contribution in [-0.4, -0.2) is 15.7 Å². The molecule has 0 aliphatic heterocycles. The van der Waals surface area contributed by atoms with Gasteiger partial charge >= 0.3 is 17.1 Å². The molecule has 5 aromatic rings. The third-order valence-corrected chi connectivity index (χ3v) is 14.4. The van der Waals surface area contributed by atoms with Crippen molar-refractivity contribution >= 4 is 42.5 Å². The van der Waals surface area contributed by atoms with E-state index in [2.05, 4.69) is 127 Å². The molecule has 47 heavy (non-hydrogen) atoms. The van der Waals surface area contributed by atoms with Crippen molar-refractivity contribution in [3.8, 4) is 0 Å². The van der Waals surface area contributed by atoms with Gasteiger partial charge in [-0.15, -0.1) is 0 Å². The Morgan fingerprint density at radius 2 is 0.957 bits per heavy atom. The van der Waals surface area contributed by atoms with Crippen molar-refractivity contribution in [1.82, 2.24) is 4.98 Å². The maximum Gasteiger partial charge on any atom is 2.00 e. The number of hydrogen-bond acceptors (Lipinski definition) is 2. The molecular formula is C42H49FeNOP2. The van der Waals surface area contributed by atoms with Crippen molar-refractivity contribution in [2.24, 2.45) is 5.92 Å². The van der Waals surface area contributed by atoms with Crippen LogP contribution in [0.25, 0.3) is 0 Å². The molecule has 2 unspecified atom stereocenters. The molecule has 0 bridgehead atoms. The maximum absolute atomic E-state index is 12.2. The van der Waals surface area contributed by atoms with Crippen molar-refractivity contribution in [2.45, 2.75) is 63.1 Å². The molecular weight excluding hydrogens is 652 g/mol. The molecule has 2 saturated carbocycles. The van der Waals surface area contributed by atoms with E-state index in [0.717, 1.165) is 30.3 Å². The van der Waals surface area contributed by atoms with Gasteiger partial charge < -0.3 is 20.0 Å². The first-order valence-electron chi connectivity index (χ1n) is 16.2. The monoisotopic (exact) mass is 701 g/mol. The molecule has 0 amide bonds. The average molecular weight is 702 g/mol. The molecule has 2 aliphatic rings. The Morgan fingerprint density at radius 1 is 0.532 bits per heavy atom. The predicted molar refractivity (Wildman–Crippen MR) is 204 cm³/mol. The van der Waals surface area contributed by atoms with E-state index in [0.29, 0.717) is 5.66 Å². The zero-order valence-electron chi connectivity index (χ0n) is 27.8. The Bertz CT molecular complexity index is 1460. The van der Waals surface area contributed by atoms with Crippen molar-refractivity contribution in [3.05, 3.63) is 160 Å². The summed E-state index contributed by atoms with van der Waals surface area (Å²) in [5, 5.41) is 17.5. The molecule has 5 heteroatoms. The Morgan fingerprint density at radius 3 is 1.40 bits per heavy atom. The number of benzene rings is 4. The summed E-state index contributed by atoms with van der Waals surface area (Å²) in [5.74, 6) is 0.183. The molecule has 0 spiro atoms. The predicted octanol–water partition coefficient (Wildman–Crippen LogP) is 9.02. The van der Waals surface area contributed by atoms with Gasteiger partial charge in [-0.3, -0.25) is 4.98 Å². The van der Waals surface area contributed by atoms with Crippen molar-refractivity contribution in [3.63, 3.8) is 0 Å². The standard InChI is InChI=1S/C35H33NOP2.C5H10.2CH3.Fe/c37-34(31-23-13-25-33(31)38(27-15-5-1-6-16-27)28-17-7-2-8-18-28)32-24-14-26-36-35(32)39(29-19-9-3-10-20-29)30-21-11-4-12-22-30;1-2-4-5-3-1;;;/h1-12,14-22,24,26,31,33-34,37H,13,23,25H2;1-5H2;2*1H3;/q;;2*-1;+2/t31?,33?,34-;;;;/m0..../s1. The first kappa shape index (κ1) is 38.8. The Labute approximate surface area is 297 Å². The topological polar surface area (TPSA) is 33.1 Å². The Balaban J connectivity index is 0.000000688. The van der Waals surface area contributed by atoms with E-state index >= 15 is 0 Å². The van der Waals surface area contributed by atoms with Gasteiger partial charge in [-0.2, -0.15) is 0 Å². The van der Waals surface area contributed by atoms with Crippen molar-refractivity contribution in [1.29, 1.82) is 0 Å². The summed E-state index contributed by atoms with van der Waals surface area (Å²) in [4.78, 5) is 4.98. The zero-order chi connectivity index (χ0) is 30.0. The summed E-state index contributed by atoms with van der Waals surface area (Å²) in [6.07, 6.45) is 12.1. The van der Waals surface area contributed by atoms with Gasteiger partial charge in [0.05, 0.1) is 11.5 Å². The summed E-state index contributed by atoms with van der Waals surface area (Å²) in [7, 11) is -1.50. The van der Waals surface area contributed by atoms with Gasteiger partial charge in [0.1, 0.15) is 0 Å². The van der Waals surface area contributed by atoms with E-state index in [1.165, 1.54) is 53.3 Å². The summed E-state index contributed by atoms with van der Waals surface area (Å²) in [6.45, 7) is 0. The fraction of sp³-hybridized carbons (Fsp3) is 0.262. The Hall–Kier alpha value is -2.63. The van der Waals surface area contributed by atoms with Crippen LogP contribution in [0.3, 0.4) is 0 Å². The molecule has 2 fully saturated rings.